The van der Waals surface area contributed by atoms with Gasteiger partial charge in [0.05, 0.1) is 18.0 Å². The summed E-state index contributed by atoms with van der Waals surface area (Å²) in [5, 5.41) is 3.31. The van der Waals surface area contributed by atoms with Crippen LogP contribution in [0.2, 0.25) is 0 Å². The quantitative estimate of drug-likeness (QED) is 0.608. The van der Waals surface area contributed by atoms with Crippen LogP contribution in [0.15, 0.2) is 4.79 Å². The lowest BCUT2D eigenvalue weighted by atomic mass is 9.96. The molecule has 0 saturated carbocycles. The second-order valence-electron chi connectivity index (χ2n) is 9.45. The van der Waals surface area contributed by atoms with E-state index in [1.54, 1.807) is 13.8 Å². The third-order valence-electron chi connectivity index (χ3n) is 5.81. The van der Waals surface area contributed by atoms with Gasteiger partial charge in [-0.2, -0.15) is 0 Å². The van der Waals surface area contributed by atoms with Crippen LogP contribution in [0.5, 0.6) is 0 Å². The summed E-state index contributed by atoms with van der Waals surface area (Å²) in [7, 11) is 0. The smallest absolute Gasteiger partial charge is 0.407 e. The van der Waals surface area contributed by atoms with E-state index in [1.807, 2.05) is 27.7 Å². The first kappa shape index (κ1) is 25.2. The molecule has 3 heterocycles. The molecular formula is C23H34N4O5S. The number of esters is 1. The number of fused-ring (bicyclic) bond motifs is 1. The minimum atomic E-state index is -0.508. The normalized spacial score (nSPS) is 16.5. The Labute approximate surface area is 197 Å². The van der Waals surface area contributed by atoms with Gasteiger partial charge in [0.25, 0.3) is 5.56 Å². The topological polar surface area (TPSA) is 114 Å². The Morgan fingerprint density at radius 1 is 1.30 bits per heavy atom. The molecule has 1 aliphatic rings. The number of ether oxygens (including phenoxy) is 2. The first-order valence-electron chi connectivity index (χ1n) is 11.4. The van der Waals surface area contributed by atoms with E-state index in [4.69, 9.17) is 9.47 Å². The van der Waals surface area contributed by atoms with Gasteiger partial charge in [-0.25, -0.2) is 14.6 Å². The Bertz CT molecular complexity index is 1060. The number of hydrogen-bond donors (Lipinski definition) is 2. The molecule has 3 rings (SSSR count). The molecule has 9 nitrogen and oxygen atoms in total. The van der Waals surface area contributed by atoms with Crippen LogP contribution < -0.4 is 10.9 Å². The molecule has 1 unspecified atom stereocenters. The molecule has 0 radical (unpaired) electrons. The van der Waals surface area contributed by atoms with Crippen molar-refractivity contribution in [3.05, 3.63) is 26.6 Å². The predicted octanol–water partition coefficient (Wildman–Crippen LogP) is 3.77. The number of aryl methyl sites for hydroxylation is 1. The number of likely N-dealkylation sites (tertiary alicyclic amines) is 1. The molecule has 1 fully saturated rings. The molecule has 1 saturated heterocycles. The number of aromatic nitrogens is 2. The van der Waals surface area contributed by atoms with Gasteiger partial charge in [0.2, 0.25) is 0 Å². The first-order chi connectivity index (χ1) is 15.5. The maximum absolute atomic E-state index is 12.8. The van der Waals surface area contributed by atoms with E-state index in [9.17, 15) is 14.4 Å². The Morgan fingerprint density at radius 3 is 2.58 bits per heavy atom. The molecule has 10 heteroatoms. The van der Waals surface area contributed by atoms with E-state index in [2.05, 4.69) is 20.2 Å². The van der Waals surface area contributed by atoms with Gasteiger partial charge in [-0.3, -0.25) is 9.69 Å². The van der Waals surface area contributed by atoms with Crippen molar-refractivity contribution in [2.75, 3.05) is 26.2 Å². The van der Waals surface area contributed by atoms with Crippen LogP contribution in [0, 0.1) is 12.8 Å². The molecule has 1 aliphatic heterocycles. The number of nitrogens with zero attached hydrogens (tertiary/aromatic N) is 2. The Kier molecular flexibility index (Phi) is 7.79. The van der Waals surface area contributed by atoms with E-state index in [1.165, 1.54) is 11.3 Å². The third kappa shape index (κ3) is 6.11. The molecule has 0 aromatic carbocycles. The third-order valence-corrected chi connectivity index (χ3v) is 6.97. The molecular weight excluding hydrogens is 444 g/mol. The van der Waals surface area contributed by atoms with Crippen LogP contribution in [0.4, 0.5) is 4.79 Å². The number of H-pyrrole nitrogens is 1. The maximum atomic E-state index is 12.8. The highest BCUT2D eigenvalue weighted by Gasteiger charge is 2.27. The van der Waals surface area contributed by atoms with Gasteiger partial charge in [-0.15, -0.1) is 11.3 Å². The van der Waals surface area contributed by atoms with Crippen LogP contribution in [0.1, 0.15) is 74.6 Å². The van der Waals surface area contributed by atoms with Crippen molar-refractivity contribution in [3.63, 3.8) is 0 Å². The molecule has 1 atom stereocenters. The highest BCUT2D eigenvalue weighted by Crippen LogP contribution is 2.30. The number of alkyl carbamates (subject to hydrolysis) is 1. The van der Waals surface area contributed by atoms with E-state index in [0.717, 1.165) is 25.9 Å². The van der Waals surface area contributed by atoms with Gasteiger partial charge in [-0.05, 0) is 79.0 Å². The summed E-state index contributed by atoms with van der Waals surface area (Å²) in [6, 6.07) is -0.0738. The number of rotatable bonds is 6. The largest absolute Gasteiger partial charge is 0.462 e. The van der Waals surface area contributed by atoms with Crippen molar-refractivity contribution in [3.8, 4) is 0 Å². The van der Waals surface area contributed by atoms with Crippen molar-refractivity contribution in [2.45, 2.75) is 66.0 Å². The highest BCUT2D eigenvalue weighted by atomic mass is 32.1. The maximum Gasteiger partial charge on any atom is 0.407 e. The molecule has 0 spiro atoms. The van der Waals surface area contributed by atoms with Crippen molar-refractivity contribution in [1.29, 1.82) is 0 Å². The van der Waals surface area contributed by atoms with Gasteiger partial charge >= 0.3 is 12.1 Å². The second kappa shape index (κ2) is 10.2. The number of carbonyl (C=O) groups is 2. The zero-order valence-electron chi connectivity index (χ0n) is 20.2. The number of nitrogens with one attached hydrogen (secondary N) is 2. The average Bonchev–Trinajstić information content (AvgIpc) is 3.08. The number of piperidine rings is 1. The lowest BCUT2D eigenvalue weighted by molar-refractivity contribution is 0.0501. The summed E-state index contributed by atoms with van der Waals surface area (Å²) in [4.78, 5) is 47.8. The highest BCUT2D eigenvalue weighted by molar-refractivity contribution is 7.20. The Balaban J connectivity index is 1.64. The molecule has 33 heavy (non-hydrogen) atoms. The fraction of sp³-hybridized carbons (Fsp3) is 0.652. The summed E-state index contributed by atoms with van der Waals surface area (Å²) in [5.74, 6) is 0.547. The number of hydrogen-bond acceptors (Lipinski definition) is 8. The predicted molar refractivity (Wildman–Crippen MR) is 128 cm³/mol. The van der Waals surface area contributed by atoms with Gasteiger partial charge in [-0.1, -0.05) is 0 Å². The fourth-order valence-electron chi connectivity index (χ4n) is 4.01. The molecule has 1 amide bonds. The molecule has 0 aliphatic carbocycles. The van der Waals surface area contributed by atoms with Gasteiger partial charge in [0.15, 0.2) is 0 Å². The molecule has 2 N–H and O–H groups in total. The Hall–Kier alpha value is -2.46. The van der Waals surface area contributed by atoms with E-state index < -0.39 is 11.6 Å². The molecule has 182 valence electrons. The lowest BCUT2D eigenvalue weighted by Gasteiger charge is -2.35. The van der Waals surface area contributed by atoms with E-state index in [0.29, 0.717) is 38.9 Å². The Morgan fingerprint density at radius 2 is 1.97 bits per heavy atom. The lowest BCUT2D eigenvalue weighted by Crippen LogP contribution is -2.41. The first-order valence-corrected chi connectivity index (χ1v) is 12.2. The van der Waals surface area contributed by atoms with E-state index >= 15 is 0 Å². The number of amides is 1. The molecule has 0 bridgehead atoms. The SMILES string of the molecule is CCOC(=O)c1sc2nc(C(C)N3CCC(CNC(=O)OC(C)(C)C)CC3)[nH]c(=O)c2c1C. The van der Waals surface area contributed by atoms with Gasteiger partial charge in [0.1, 0.15) is 21.1 Å². The minimum Gasteiger partial charge on any atom is -0.462 e. The van der Waals surface area contributed by atoms with Crippen LogP contribution in [-0.4, -0.2) is 58.8 Å². The fourth-order valence-corrected chi connectivity index (χ4v) is 5.09. The second-order valence-corrected chi connectivity index (χ2v) is 10.4. The van der Waals surface area contributed by atoms with Crippen molar-refractivity contribution in [2.24, 2.45) is 5.92 Å². The average molecular weight is 479 g/mol. The van der Waals surface area contributed by atoms with Crippen molar-refractivity contribution < 1.29 is 19.1 Å². The molecule has 2 aromatic heterocycles. The summed E-state index contributed by atoms with van der Waals surface area (Å²) in [5.41, 5.74) is -0.131. The minimum absolute atomic E-state index is 0.0738. The summed E-state index contributed by atoms with van der Waals surface area (Å²) >= 11 is 1.20. The van der Waals surface area contributed by atoms with Crippen LogP contribution >= 0.6 is 11.3 Å². The van der Waals surface area contributed by atoms with Gasteiger partial charge in [0, 0.05) is 6.54 Å². The van der Waals surface area contributed by atoms with Crippen LogP contribution in [0.3, 0.4) is 0 Å². The standard InChI is InChI=1S/C23H34N4O5S/c1-7-31-21(29)17-13(2)16-19(28)25-18(26-20(16)33-17)14(3)27-10-8-15(9-11-27)12-24-22(30)32-23(4,5)6/h14-15H,7-12H2,1-6H3,(H,24,30)(H,25,26,28). The monoisotopic (exact) mass is 478 g/mol. The molecule has 2 aromatic rings. The number of carbonyl (C=O) groups excluding carboxylic acids is 2. The zero-order chi connectivity index (χ0) is 24.3. The zero-order valence-corrected chi connectivity index (χ0v) is 21.1. The number of aromatic amines is 1. The summed E-state index contributed by atoms with van der Waals surface area (Å²) in [6.45, 7) is 13.6. The summed E-state index contributed by atoms with van der Waals surface area (Å²) in [6.07, 6.45) is 1.47. The summed E-state index contributed by atoms with van der Waals surface area (Å²) < 4.78 is 10.4. The van der Waals surface area contributed by atoms with Crippen molar-refractivity contribution in [1.82, 2.24) is 20.2 Å². The van der Waals surface area contributed by atoms with E-state index in [-0.39, 0.29) is 24.3 Å². The van der Waals surface area contributed by atoms with Crippen molar-refractivity contribution >= 4 is 33.6 Å². The van der Waals surface area contributed by atoms with Crippen LogP contribution in [0.25, 0.3) is 10.2 Å². The number of thiophene rings is 1. The van der Waals surface area contributed by atoms with Crippen LogP contribution in [-0.2, 0) is 9.47 Å². The van der Waals surface area contributed by atoms with Gasteiger partial charge < -0.3 is 19.8 Å².